The summed E-state index contributed by atoms with van der Waals surface area (Å²) in [6.07, 6.45) is -4.30. The van der Waals surface area contributed by atoms with E-state index < -0.39 is 11.7 Å². The van der Waals surface area contributed by atoms with Crippen LogP contribution in [0.1, 0.15) is 16.7 Å². The lowest BCUT2D eigenvalue weighted by atomic mass is 10.1. The third kappa shape index (κ3) is 3.28. The lowest BCUT2D eigenvalue weighted by Gasteiger charge is -2.11. The van der Waals surface area contributed by atoms with Gasteiger partial charge in [-0.3, -0.25) is 0 Å². The monoisotopic (exact) mass is 297 g/mol. The van der Waals surface area contributed by atoms with Crippen LogP contribution in [0, 0.1) is 13.8 Å². The van der Waals surface area contributed by atoms with Gasteiger partial charge in [0.15, 0.2) is 0 Å². The lowest BCUT2D eigenvalue weighted by Crippen LogP contribution is -2.03. The van der Waals surface area contributed by atoms with Crippen molar-refractivity contribution in [3.05, 3.63) is 53.1 Å². The molecule has 0 unspecified atom stereocenters. The van der Waals surface area contributed by atoms with Crippen LogP contribution < -0.4 is 5.73 Å². The first kappa shape index (κ1) is 14.8. The molecule has 0 aliphatic rings. The second kappa shape index (κ2) is 5.40. The molecule has 2 N–H and O–H groups in total. The first-order chi connectivity index (χ1) is 9.27. The predicted molar refractivity (Wildman–Crippen MR) is 75.9 cm³/mol. The molecule has 0 aliphatic carbocycles. The summed E-state index contributed by atoms with van der Waals surface area (Å²) >= 11 is 1.45. The highest BCUT2D eigenvalue weighted by Gasteiger charge is 2.29. The highest BCUT2D eigenvalue weighted by atomic mass is 32.2. The maximum absolute atomic E-state index is 12.5. The zero-order valence-corrected chi connectivity index (χ0v) is 11.9. The molecule has 0 amide bonds. The predicted octanol–water partition coefficient (Wildman–Crippen LogP) is 5.06. The average molecular weight is 297 g/mol. The van der Waals surface area contributed by atoms with Crippen LogP contribution >= 0.6 is 11.8 Å². The highest BCUT2D eigenvalue weighted by Crippen LogP contribution is 2.36. The van der Waals surface area contributed by atoms with Gasteiger partial charge in [0, 0.05) is 15.5 Å². The van der Waals surface area contributed by atoms with E-state index >= 15 is 0 Å². The van der Waals surface area contributed by atoms with E-state index in [2.05, 4.69) is 0 Å². The van der Waals surface area contributed by atoms with Crippen LogP contribution in [-0.4, -0.2) is 0 Å². The Labute approximate surface area is 120 Å². The minimum atomic E-state index is -4.30. The van der Waals surface area contributed by atoms with E-state index in [9.17, 15) is 13.2 Å². The molecule has 0 saturated heterocycles. The third-order valence-electron chi connectivity index (χ3n) is 2.88. The number of anilines is 1. The summed E-state index contributed by atoms with van der Waals surface area (Å²) in [5.74, 6) is 0. The van der Waals surface area contributed by atoms with Gasteiger partial charge in [-0.1, -0.05) is 11.8 Å². The van der Waals surface area contributed by atoms with Crippen LogP contribution in [0.15, 0.2) is 46.2 Å². The molecule has 0 aromatic heterocycles. The number of hydrogen-bond acceptors (Lipinski definition) is 2. The molecule has 1 nitrogen and oxygen atoms in total. The Morgan fingerprint density at radius 1 is 0.950 bits per heavy atom. The van der Waals surface area contributed by atoms with Gasteiger partial charge in [0.2, 0.25) is 0 Å². The van der Waals surface area contributed by atoms with Gasteiger partial charge in [-0.2, -0.15) is 13.2 Å². The Balaban J connectivity index is 2.27. The first-order valence-electron chi connectivity index (χ1n) is 5.99. The number of nitrogen functional groups attached to an aromatic ring is 1. The molecule has 0 fully saturated rings. The van der Waals surface area contributed by atoms with Gasteiger partial charge in [-0.25, -0.2) is 0 Å². The van der Waals surface area contributed by atoms with Crippen LogP contribution in [0.2, 0.25) is 0 Å². The molecule has 2 aromatic rings. The standard InChI is InChI=1S/C15H14F3NS/c1-9-7-12(19)8-10(2)14(9)20-13-5-3-11(4-6-13)15(16,17)18/h3-8H,19H2,1-2H3. The molecule has 0 heterocycles. The summed E-state index contributed by atoms with van der Waals surface area (Å²) < 4.78 is 37.5. The van der Waals surface area contributed by atoms with E-state index in [0.29, 0.717) is 5.69 Å². The number of alkyl halides is 3. The van der Waals surface area contributed by atoms with Gasteiger partial charge >= 0.3 is 6.18 Å². The molecule has 0 radical (unpaired) electrons. The maximum atomic E-state index is 12.5. The van der Waals surface area contributed by atoms with Crippen LogP contribution in [-0.2, 0) is 6.18 Å². The van der Waals surface area contributed by atoms with Crippen molar-refractivity contribution in [2.24, 2.45) is 0 Å². The fourth-order valence-corrected chi connectivity index (χ4v) is 2.92. The summed E-state index contributed by atoms with van der Waals surface area (Å²) in [6.45, 7) is 3.88. The second-order valence-corrected chi connectivity index (χ2v) is 5.69. The van der Waals surface area contributed by atoms with Crippen molar-refractivity contribution in [2.45, 2.75) is 29.8 Å². The van der Waals surface area contributed by atoms with E-state index in [1.807, 2.05) is 26.0 Å². The van der Waals surface area contributed by atoms with E-state index in [-0.39, 0.29) is 0 Å². The van der Waals surface area contributed by atoms with E-state index in [1.165, 1.54) is 23.9 Å². The fraction of sp³-hybridized carbons (Fsp3) is 0.200. The average Bonchev–Trinajstić information content (AvgIpc) is 2.33. The largest absolute Gasteiger partial charge is 0.416 e. The summed E-state index contributed by atoms with van der Waals surface area (Å²) in [4.78, 5) is 1.80. The Kier molecular flexibility index (Phi) is 3.99. The van der Waals surface area contributed by atoms with Crippen molar-refractivity contribution in [3.8, 4) is 0 Å². The SMILES string of the molecule is Cc1cc(N)cc(C)c1Sc1ccc(C(F)(F)F)cc1. The zero-order valence-electron chi connectivity index (χ0n) is 11.1. The van der Waals surface area contributed by atoms with Gasteiger partial charge in [0.05, 0.1) is 5.56 Å². The summed E-state index contributed by atoms with van der Waals surface area (Å²) in [7, 11) is 0. The van der Waals surface area contributed by atoms with E-state index in [0.717, 1.165) is 33.1 Å². The maximum Gasteiger partial charge on any atom is 0.416 e. The second-order valence-electron chi connectivity index (χ2n) is 4.61. The van der Waals surface area contributed by atoms with Crippen LogP contribution in [0.3, 0.4) is 0 Å². The number of benzene rings is 2. The molecule has 0 spiro atoms. The number of halogens is 3. The molecule has 106 valence electrons. The molecule has 2 aromatic carbocycles. The first-order valence-corrected chi connectivity index (χ1v) is 6.81. The van der Waals surface area contributed by atoms with Gasteiger partial charge in [0.25, 0.3) is 0 Å². The number of nitrogens with two attached hydrogens (primary N) is 1. The highest BCUT2D eigenvalue weighted by molar-refractivity contribution is 7.99. The molecular weight excluding hydrogens is 283 g/mol. The zero-order chi connectivity index (χ0) is 14.9. The number of aryl methyl sites for hydroxylation is 2. The van der Waals surface area contributed by atoms with E-state index in [4.69, 9.17) is 5.73 Å². The van der Waals surface area contributed by atoms with E-state index in [1.54, 1.807) is 0 Å². The van der Waals surface area contributed by atoms with Crippen molar-refractivity contribution in [1.82, 2.24) is 0 Å². The van der Waals surface area contributed by atoms with Crippen molar-refractivity contribution in [2.75, 3.05) is 5.73 Å². The van der Waals surface area contributed by atoms with Crippen LogP contribution in [0.4, 0.5) is 18.9 Å². The van der Waals surface area contributed by atoms with Gasteiger partial charge < -0.3 is 5.73 Å². The number of rotatable bonds is 2. The molecule has 0 atom stereocenters. The molecule has 0 bridgehead atoms. The summed E-state index contributed by atoms with van der Waals surface area (Å²) in [5.41, 5.74) is 7.86. The summed E-state index contributed by atoms with van der Waals surface area (Å²) in [5, 5.41) is 0. The molecular formula is C15H14F3NS. The smallest absolute Gasteiger partial charge is 0.399 e. The molecule has 0 aliphatic heterocycles. The molecule has 20 heavy (non-hydrogen) atoms. The van der Waals surface area contributed by atoms with Gasteiger partial charge in [-0.15, -0.1) is 0 Å². The molecule has 2 rings (SSSR count). The normalized spacial score (nSPS) is 11.7. The topological polar surface area (TPSA) is 26.0 Å². The lowest BCUT2D eigenvalue weighted by molar-refractivity contribution is -0.137. The molecule has 0 saturated carbocycles. The quantitative estimate of drug-likeness (QED) is 0.784. The minimum Gasteiger partial charge on any atom is -0.399 e. The van der Waals surface area contributed by atoms with Crippen LogP contribution in [0.25, 0.3) is 0 Å². The third-order valence-corrected chi connectivity index (χ3v) is 4.24. The van der Waals surface area contributed by atoms with Gasteiger partial charge in [0.1, 0.15) is 0 Å². The molecule has 5 heteroatoms. The van der Waals surface area contributed by atoms with Crippen molar-refractivity contribution < 1.29 is 13.2 Å². The Morgan fingerprint density at radius 3 is 1.90 bits per heavy atom. The van der Waals surface area contributed by atoms with Crippen molar-refractivity contribution in [3.63, 3.8) is 0 Å². The Hall–Kier alpha value is -1.62. The fourth-order valence-electron chi connectivity index (χ4n) is 1.97. The minimum absolute atomic E-state index is 0.632. The van der Waals surface area contributed by atoms with Crippen LogP contribution in [0.5, 0.6) is 0 Å². The van der Waals surface area contributed by atoms with Crippen molar-refractivity contribution in [1.29, 1.82) is 0 Å². The number of hydrogen-bond donors (Lipinski definition) is 1. The summed E-state index contributed by atoms with van der Waals surface area (Å²) in [6, 6.07) is 8.90. The Morgan fingerprint density at radius 2 is 1.45 bits per heavy atom. The Bertz CT molecular complexity index is 595. The van der Waals surface area contributed by atoms with Crippen molar-refractivity contribution >= 4 is 17.4 Å². The van der Waals surface area contributed by atoms with Gasteiger partial charge in [-0.05, 0) is 61.4 Å².